The summed E-state index contributed by atoms with van der Waals surface area (Å²) < 4.78 is 4.73. The van der Waals surface area contributed by atoms with Crippen LogP contribution >= 0.6 is 0 Å². The van der Waals surface area contributed by atoms with Crippen molar-refractivity contribution < 1.29 is 9.53 Å². The van der Waals surface area contributed by atoms with Crippen LogP contribution in [0, 0.1) is 0 Å². The molecule has 2 rings (SSSR count). The maximum atomic E-state index is 11.5. The molecule has 0 saturated heterocycles. The van der Waals surface area contributed by atoms with Crippen LogP contribution in [0.15, 0.2) is 24.3 Å². The molecule has 0 fully saturated rings. The molecule has 1 aromatic carbocycles. The normalized spacial score (nSPS) is 17.9. The van der Waals surface area contributed by atoms with Gasteiger partial charge in [0.2, 0.25) is 0 Å². The molecular formula is C17H26N2O2. The molecule has 0 saturated carbocycles. The number of hydrogen-bond donors (Lipinski definition) is 1. The van der Waals surface area contributed by atoms with Crippen LogP contribution in [0.25, 0.3) is 0 Å². The molecule has 1 aliphatic rings. The Labute approximate surface area is 127 Å². The number of nitrogens with zero attached hydrogens (tertiary/aromatic N) is 1. The molecule has 1 atom stereocenters. The van der Waals surface area contributed by atoms with Crippen molar-refractivity contribution in [1.29, 1.82) is 0 Å². The molecule has 0 amide bonds. The fourth-order valence-corrected chi connectivity index (χ4v) is 2.91. The lowest BCUT2D eigenvalue weighted by Gasteiger charge is -2.29. The van der Waals surface area contributed by atoms with E-state index in [1.165, 1.54) is 18.2 Å². The number of carbonyl (C=O) groups is 1. The van der Waals surface area contributed by atoms with E-state index in [0.717, 1.165) is 38.9 Å². The van der Waals surface area contributed by atoms with Gasteiger partial charge in [-0.05, 0) is 50.3 Å². The van der Waals surface area contributed by atoms with Crippen LogP contribution in [0.1, 0.15) is 37.3 Å². The zero-order valence-electron chi connectivity index (χ0n) is 13.1. The molecule has 116 valence electrons. The van der Waals surface area contributed by atoms with E-state index in [1.54, 1.807) is 6.92 Å². The molecule has 0 radical (unpaired) electrons. The van der Waals surface area contributed by atoms with Crippen LogP contribution in [0.5, 0.6) is 0 Å². The minimum atomic E-state index is -0.858. The fraction of sp³-hybridized carbons (Fsp3) is 0.588. The van der Waals surface area contributed by atoms with Crippen LogP contribution in [-0.4, -0.2) is 36.6 Å². The summed E-state index contributed by atoms with van der Waals surface area (Å²) in [5, 5.41) is 0. The van der Waals surface area contributed by atoms with Crippen molar-refractivity contribution in [2.24, 2.45) is 5.73 Å². The van der Waals surface area contributed by atoms with Crippen molar-refractivity contribution in [1.82, 2.24) is 4.90 Å². The average Bonchev–Trinajstić information content (AvgIpc) is 2.50. The first-order chi connectivity index (χ1) is 10.0. The number of hydrogen-bond acceptors (Lipinski definition) is 4. The summed E-state index contributed by atoms with van der Waals surface area (Å²) in [5.41, 5.74) is 8.03. The molecule has 0 aromatic heterocycles. The van der Waals surface area contributed by atoms with Gasteiger partial charge in [0, 0.05) is 13.1 Å². The SMILES string of the molecule is COC(=O)C(C)(N)CCCCN1CCc2ccccc2C1. The van der Waals surface area contributed by atoms with E-state index in [9.17, 15) is 4.79 Å². The second-order valence-corrected chi connectivity index (χ2v) is 6.16. The highest BCUT2D eigenvalue weighted by Gasteiger charge is 2.28. The number of benzene rings is 1. The zero-order chi connectivity index (χ0) is 15.3. The molecule has 4 heteroatoms. The van der Waals surface area contributed by atoms with Gasteiger partial charge in [-0.25, -0.2) is 0 Å². The molecule has 1 heterocycles. The highest BCUT2D eigenvalue weighted by Crippen LogP contribution is 2.19. The van der Waals surface area contributed by atoms with Crippen molar-refractivity contribution in [3.8, 4) is 0 Å². The molecule has 0 aliphatic carbocycles. The standard InChI is InChI=1S/C17H26N2O2/c1-17(18,16(20)21-2)10-5-6-11-19-12-9-14-7-3-4-8-15(14)13-19/h3-4,7-8H,5-6,9-13,18H2,1-2H3. The largest absolute Gasteiger partial charge is 0.468 e. The van der Waals surface area contributed by atoms with Crippen LogP contribution in [-0.2, 0) is 22.5 Å². The first-order valence-electron chi connectivity index (χ1n) is 7.69. The number of nitrogens with two attached hydrogens (primary N) is 1. The Morgan fingerprint density at radius 1 is 1.33 bits per heavy atom. The van der Waals surface area contributed by atoms with Gasteiger partial charge in [-0.3, -0.25) is 9.69 Å². The van der Waals surface area contributed by atoms with Crippen molar-refractivity contribution in [3.63, 3.8) is 0 Å². The van der Waals surface area contributed by atoms with E-state index < -0.39 is 5.54 Å². The van der Waals surface area contributed by atoms with Gasteiger partial charge in [-0.2, -0.15) is 0 Å². The van der Waals surface area contributed by atoms with Crippen LogP contribution in [0.4, 0.5) is 0 Å². The number of carbonyl (C=O) groups excluding carboxylic acids is 1. The minimum absolute atomic E-state index is 0.325. The number of methoxy groups -OCH3 is 1. The van der Waals surface area contributed by atoms with Crippen molar-refractivity contribution >= 4 is 5.97 Å². The summed E-state index contributed by atoms with van der Waals surface area (Å²) in [5.74, 6) is -0.325. The van der Waals surface area contributed by atoms with Gasteiger partial charge in [-0.1, -0.05) is 24.3 Å². The van der Waals surface area contributed by atoms with Gasteiger partial charge >= 0.3 is 5.97 Å². The molecule has 0 bridgehead atoms. The highest BCUT2D eigenvalue weighted by molar-refractivity contribution is 5.79. The van der Waals surface area contributed by atoms with E-state index >= 15 is 0 Å². The molecule has 21 heavy (non-hydrogen) atoms. The maximum Gasteiger partial charge on any atom is 0.325 e. The summed E-state index contributed by atoms with van der Waals surface area (Å²) in [4.78, 5) is 14.0. The third-order valence-electron chi connectivity index (χ3n) is 4.28. The quantitative estimate of drug-likeness (QED) is 0.644. The Morgan fingerprint density at radius 2 is 2.05 bits per heavy atom. The van der Waals surface area contributed by atoms with Crippen molar-refractivity contribution in [2.75, 3.05) is 20.2 Å². The lowest BCUT2D eigenvalue weighted by atomic mass is 9.95. The molecule has 1 aliphatic heterocycles. The Morgan fingerprint density at radius 3 is 2.76 bits per heavy atom. The summed E-state index contributed by atoms with van der Waals surface area (Å²) in [6.07, 6.45) is 3.81. The Kier molecular flexibility index (Phi) is 5.37. The average molecular weight is 290 g/mol. The van der Waals surface area contributed by atoms with Crippen LogP contribution < -0.4 is 5.73 Å². The third kappa shape index (κ3) is 4.29. The summed E-state index contributed by atoms with van der Waals surface area (Å²) >= 11 is 0. The van der Waals surface area contributed by atoms with Crippen molar-refractivity contribution in [3.05, 3.63) is 35.4 Å². The van der Waals surface area contributed by atoms with Gasteiger partial charge in [0.25, 0.3) is 0 Å². The number of rotatable bonds is 6. The Bertz CT molecular complexity index is 485. The monoisotopic (exact) mass is 290 g/mol. The molecule has 1 aromatic rings. The Balaban J connectivity index is 1.72. The van der Waals surface area contributed by atoms with E-state index in [-0.39, 0.29) is 5.97 Å². The van der Waals surface area contributed by atoms with Gasteiger partial charge in [0.05, 0.1) is 7.11 Å². The third-order valence-corrected chi connectivity index (χ3v) is 4.28. The summed E-state index contributed by atoms with van der Waals surface area (Å²) in [6.45, 7) is 4.96. The molecular weight excluding hydrogens is 264 g/mol. The summed E-state index contributed by atoms with van der Waals surface area (Å²) in [7, 11) is 1.39. The van der Waals surface area contributed by atoms with Gasteiger partial charge in [-0.15, -0.1) is 0 Å². The lowest BCUT2D eigenvalue weighted by Crippen LogP contribution is -2.45. The number of fused-ring (bicyclic) bond motifs is 1. The predicted molar refractivity (Wildman–Crippen MR) is 83.9 cm³/mol. The molecule has 0 spiro atoms. The van der Waals surface area contributed by atoms with E-state index in [1.807, 2.05) is 0 Å². The predicted octanol–water partition coefficient (Wildman–Crippen LogP) is 2.11. The highest BCUT2D eigenvalue weighted by atomic mass is 16.5. The van der Waals surface area contributed by atoms with E-state index in [4.69, 9.17) is 10.5 Å². The maximum absolute atomic E-state index is 11.5. The first-order valence-corrected chi connectivity index (χ1v) is 7.69. The second-order valence-electron chi connectivity index (χ2n) is 6.16. The zero-order valence-corrected chi connectivity index (χ0v) is 13.1. The van der Waals surface area contributed by atoms with E-state index in [2.05, 4.69) is 29.2 Å². The van der Waals surface area contributed by atoms with Crippen LogP contribution in [0.2, 0.25) is 0 Å². The minimum Gasteiger partial charge on any atom is -0.468 e. The lowest BCUT2D eigenvalue weighted by molar-refractivity contribution is -0.146. The Hall–Kier alpha value is -1.39. The smallest absolute Gasteiger partial charge is 0.325 e. The van der Waals surface area contributed by atoms with E-state index in [0.29, 0.717) is 6.42 Å². The number of unbranched alkanes of at least 4 members (excludes halogenated alkanes) is 1. The fourth-order valence-electron chi connectivity index (χ4n) is 2.91. The summed E-state index contributed by atoms with van der Waals surface area (Å²) in [6, 6.07) is 8.67. The first kappa shape index (κ1) is 16.0. The van der Waals surface area contributed by atoms with Gasteiger partial charge in [0.15, 0.2) is 0 Å². The molecule has 2 N–H and O–H groups in total. The second kappa shape index (κ2) is 7.05. The van der Waals surface area contributed by atoms with Gasteiger partial charge in [0.1, 0.15) is 5.54 Å². The van der Waals surface area contributed by atoms with Crippen LogP contribution in [0.3, 0.4) is 0 Å². The molecule has 1 unspecified atom stereocenters. The number of esters is 1. The number of ether oxygens (including phenoxy) is 1. The topological polar surface area (TPSA) is 55.6 Å². The van der Waals surface area contributed by atoms with Crippen molar-refractivity contribution in [2.45, 2.75) is 44.7 Å². The van der Waals surface area contributed by atoms with Gasteiger partial charge < -0.3 is 10.5 Å². The molecule has 4 nitrogen and oxygen atoms in total.